The Morgan fingerprint density at radius 1 is 1.37 bits per heavy atom. The molecule has 102 valence electrons. The standard InChI is InChI=1S/C16H22N2O/c1-2-13-8-10-18(11-9-13)16(19)15(17)12-14-6-4-3-5-7-14/h2-7,13,15H,1,8-12,17H2/t15-/m0/s1. The molecule has 2 N–H and O–H groups in total. The number of carbonyl (C=O) groups is 1. The molecular formula is C16H22N2O. The van der Waals surface area contributed by atoms with Crippen molar-refractivity contribution in [3.8, 4) is 0 Å². The van der Waals surface area contributed by atoms with E-state index in [2.05, 4.69) is 6.58 Å². The lowest BCUT2D eigenvalue weighted by Gasteiger charge is -2.32. The second-order valence-electron chi connectivity index (χ2n) is 5.19. The lowest BCUT2D eigenvalue weighted by Crippen LogP contribution is -2.47. The molecule has 0 radical (unpaired) electrons. The van der Waals surface area contributed by atoms with Crippen LogP contribution in [-0.2, 0) is 11.2 Å². The lowest BCUT2D eigenvalue weighted by molar-refractivity contribution is -0.133. The van der Waals surface area contributed by atoms with Crippen molar-refractivity contribution in [3.05, 3.63) is 48.6 Å². The average Bonchev–Trinajstić information content (AvgIpc) is 2.47. The minimum Gasteiger partial charge on any atom is -0.341 e. The van der Waals surface area contributed by atoms with Gasteiger partial charge in [-0.25, -0.2) is 0 Å². The normalized spacial score (nSPS) is 18.1. The van der Waals surface area contributed by atoms with Gasteiger partial charge in [0, 0.05) is 13.1 Å². The predicted molar refractivity (Wildman–Crippen MR) is 77.6 cm³/mol. The van der Waals surface area contributed by atoms with Crippen LogP contribution in [0.25, 0.3) is 0 Å². The number of hydrogen-bond acceptors (Lipinski definition) is 2. The molecule has 3 heteroatoms. The first kappa shape index (κ1) is 13.8. The maximum atomic E-state index is 12.3. The molecule has 1 amide bonds. The van der Waals surface area contributed by atoms with Crippen LogP contribution < -0.4 is 5.73 Å². The molecule has 1 atom stereocenters. The number of hydrogen-bond donors (Lipinski definition) is 1. The first-order valence-electron chi connectivity index (χ1n) is 6.91. The van der Waals surface area contributed by atoms with Crippen LogP contribution in [0.2, 0.25) is 0 Å². The first-order chi connectivity index (χ1) is 9.20. The molecule has 19 heavy (non-hydrogen) atoms. The van der Waals surface area contributed by atoms with E-state index in [-0.39, 0.29) is 5.91 Å². The van der Waals surface area contributed by atoms with E-state index in [1.165, 1.54) is 0 Å². The molecule has 1 aromatic rings. The van der Waals surface area contributed by atoms with Gasteiger partial charge in [-0.3, -0.25) is 4.79 Å². The summed E-state index contributed by atoms with van der Waals surface area (Å²) in [5, 5.41) is 0. The second kappa shape index (κ2) is 6.53. The number of piperidine rings is 1. The molecule has 1 fully saturated rings. The van der Waals surface area contributed by atoms with Gasteiger partial charge in [0.1, 0.15) is 0 Å². The van der Waals surface area contributed by atoms with Gasteiger partial charge in [-0.05, 0) is 30.7 Å². The molecule has 1 heterocycles. The summed E-state index contributed by atoms with van der Waals surface area (Å²) in [5.41, 5.74) is 7.15. The van der Waals surface area contributed by atoms with Crippen molar-refractivity contribution < 1.29 is 4.79 Å². The summed E-state index contributed by atoms with van der Waals surface area (Å²) in [6.07, 6.45) is 4.62. The Morgan fingerprint density at radius 2 is 2.00 bits per heavy atom. The summed E-state index contributed by atoms with van der Waals surface area (Å²) >= 11 is 0. The fraction of sp³-hybridized carbons (Fsp3) is 0.438. The highest BCUT2D eigenvalue weighted by Gasteiger charge is 2.25. The molecule has 0 bridgehead atoms. The van der Waals surface area contributed by atoms with E-state index in [0.717, 1.165) is 31.5 Å². The highest BCUT2D eigenvalue weighted by molar-refractivity contribution is 5.82. The number of rotatable bonds is 4. The van der Waals surface area contributed by atoms with E-state index in [1.54, 1.807) is 0 Å². The highest BCUT2D eigenvalue weighted by atomic mass is 16.2. The van der Waals surface area contributed by atoms with Crippen LogP contribution in [0.3, 0.4) is 0 Å². The van der Waals surface area contributed by atoms with Crippen LogP contribution in [0, 0.1) is 5.92 Å². The average molecular weight is 258 g/mol. The predicted octanol–water partition coefficient (Wildman–Crippen LogP) is 1.98. The molecule has 0 aromatic heterocycles. The summed E-state index contributed by atoms with van der Waals surface area (Å²) in [7, 11) is 0. The fourth-order valence-corrected chi connectivity index (χ4v) is 2.55. The SMILES string of the molecule is C=CC1CCN(C(=O)[C@@H](N)Cc2ccccc2)CC1. The maximum Gasteiger partial charge on any atom is 0.239 e. The van der Waals surface area contributed by atoms with Crippen LogP contribution in [0.15, 0.2) is 43.0 Å². The molecule has 1 aliphatic rings. The quantitative estimate of drug-likeness (QED) is 0.839. The van der Waals surface area contributed by atoms with Gasteiger partial charge in [-0.15, -0.1) is 6.58 Å². The zero-order chi connectivity index (χ0) is 13.7. The third kappa shape index (κ3) is 3.67. The van der Waals surface area contributed by atoms with Crippen molar-refractivity contribution in [3.63, 3.8) is 0 Å². The molecule has 1 saturated heterocycles. The van der Waals surface area contributed by atoms with Crippen molar-refractivity contribution in [2.24, 2.45) is 11.7 Å². The van der Waals surface area contributed by atoms with Crippen LogP contribution in [0.1, 0.15) is 18.4 Å². The van der Waals surface area contributed by atoms with Crippen LogP contribution in [0.5, 0.6) is 0 Å². The second-order valence-corrected chi connectivity index (χ2v) is 5.19. The lowest BCUT2D eigenvalue weighted by atomic mass is 9.96. The van der Waals surface area contributed by atoms with Crippen LogP contribution in [-0.4, -0.2) is 29.9 Å². The zero-order valence-electron chi connectivity index (χ0n) is 11.3. The largest absolute Gasteiger partial charge is 0.341 e. The summed E-state index contributed by atoms with van der Waals surface area (Å²) in [6.45, 7) is 5.42. The third-order valence-electron chi connectivity index (χ3n) is 3.80. The van der Waals surface area contributed by atoms with Gasteiger partial charge in [-0.1, -0.05) is 36.4 Å². The van der Waals surface area contributed by atoms with Gasteiger partial charge in [0.05, 0.1) is 6.04 Å². The first-order valence-corrected chi connectivity index (χ1v) is 6.91. The van der Waals surface area contributed by atoms with Crippen molar-refractivity contribution in [2.75, 3.05) is 13.1 Å². The number of nitrogens with two attached hydrogens (primary N) is 1. The Labute approximate surface area is 115 Å². The molecule has 3 nitrogen and oxygen atoms in total. The molecule has 1 aliphatic heterocycles. The summed E-state index contributed by atoms with van der Waals surface area (Å²) in [4.78, 5) is 14.2. The topological polar surface area (TPSA) is 46.3 Å². The third-order valence-corrected chi connectivity index (χ3v) is 3.80. The summed E-state index contributed by atoms with van der Waals surface area (Å²) in [5.74, 6) is 0.626. The molecule has 0 unspecified atom stereocenters. The minimum absolute atomic E-state index is 0.0753. The smallest absolute Gasteiger partial charge is 0.239 e. The van der Waals surface area contributed by atoms with Gasteiger partial charge in [0.2, 0.25) is 5.91 Å². The molecule has 0 spiro atoms. The maximum absolute atomic E-state index is 12.3. The van der Waals surface area contributed by atoms with Gasteiger partial charge in [0.25, 0.3) is 0 Å². The molecule has 0 saturated carbocycles. The van der Waals surface area contributed by atoms with Crippen molar-refractivity contribution in [1.82, 2.24) is 4.90 Å². The molecular weight excluding hydrogens is 236 g/mol. The van der Waals surface area contributed by atoms with Gasteiger partial charge >= 0.3 is 0 Å². The van der Waals surface area contributed by atoms with E-state index in [9.17, 15) is 4.79 Å². The number of benzene rings is 1. The summed E-state index contributed by atoms with van der Waals surface area (Å²) < 4.78 is 0. The minimum atomic E-state index is -0.428. The van der Waals surface area contributed by atoms with E-state index in [4.69, 9.17) is 5.73 Å². The highest BCUT2D eigenvalue weighted by Crippen LogP contribution is 2.18. The number of likely N-dealkylation sites (tertiary alicyclic amines) is 1. The van der Waals surface area contributed by atoms with E-state index >= 15 is 0 Å². The van der Waals surface area contributed by atoms with Gasteiger partial charge < -0.3 is 10.6 Å². The Bertz CT molecular complexity index is 422. The van der Waals surface area contributed by atoms with Gasteiger partial charge in [-0.2, -0.15) is 0 Å². The van der Waals surface area contributed by atoms with E-state index < -0.39 is 6.04 Å². The van der Waals surface area contributed by atoms with E-state index in [0.29, 0.717) is 12.3 Å². The summed E-state index contributed by atoms with van der Waals surface area (Å²) in [6, 6.07) is 9.51. The Balaban J connectivity index is 1.87. The zero-order valence-corrected chi connectivity index (χ0v) is 11.3. The van der Waals surface area contributed by atoms with Crippen molar-refractivity contribution >= 4 is 5.91 Å². The molecule has 0 aliphatic carbocycles. The number of carbonyl (C=O) groups excluding carboxylic acids is 1. The van der Waals surface area contributed by atoms with Crippen LogP contribution in [0.4, 0.5) is 0 Å². The Kier molecular flexibility index (Phi) is 4.74. The monoisotopic (exact) mass is 258 g/mol. The Morgan fingerprint density at radius 3 is 2.58 bits per heavy atom. The molecule has 1 aromatic carbocycles. The number of nitrogens with zero attached hydrogens (tertiary/aromatic N) is 1. The number of allylic oxidation sites excluding steroid dienone is 1. The fourth-order valence-electron chi connectivity index (χ4n) is 2.55. The van der Waals surface area contributed by atoms with Crippen molar-refractivity contribution in [1.29, 1.82) is 0 Å². The van der Waals surface area contributed by atoms with Crippen LogP contribution >= 0.6 is 0 Å². The number of amides is 1. The van der Waals surface area contributed by atoms with E-state index in [1.807, 2.05) is 41.3 Å². The van der Waals surface area contributed by atoms with Gasteiger partial charge in [0.15, 0.2) is 0 Å². The Hall–Kier alpha value is -1.61. The van der Waals surface area contributed by atoms with Crippen molar-refractivity contribution in [2.45, 2.75) is 25.3 Å². The molecule has 2 rings (SSSR count).